The Hall–Kier alpha value is -2.76. The van der Waals surface area contributed by atoms with Crippen LogP contribution in [0.15, 0.2) is 40.7 Å². The summed E-state index contributed by atoms with van der Waals surface area (Å²) in [5.74, 6) is -0.378. The molecule has 2 heterocycles. The second-order valence-corrected chi connectivity index (χ2v) is 5.65. The lowest BCUT2D eigenvalue weighted by Gasteiger charge is -2.34. The van der Waals surface area contributed by atoms with E-state index >= 15 is 0 Å². The molecule has 0 aliphatic carbocycles. The van der Waals surface area contributed by atoms with Gasteiger partial charge < -0.3 is 19.5 Å². The molecule has 24 heavy (non-hydrogen) atoms. The zero-order valence-corrected chi connectivity index (χ0v) is 14.1. The maximum Gasteiger partial charge on any atom is 0.342 e. The van der Waals surface area contributed by atoms with Crippen LogP contribution in [0, 0.1) is 0 Å². The first-order chi connectivity index (χ1) is 11.5. The molecule has 0 radical (unpaired) electrons. The fourth-order valence-electron chi connectivity index (χ4n) is 3.18. The van der Waals surface area contributed by atoms with Crippen LogP contribution in [0.1, 0.15) is 32.3 Å². The molecule has 6 nitrogen and oxygen atoms in total. The average Bonchev–Trinajstić information content (AvgIpc) is 2.54. The van der Waals surface area contributed by atoms with Crippen molar-refractivity contribution in [1.29, 1.82) is 0 Å². The molecule has 1 atom stereocenters. The smallest absolute Gasteiger partial charge is 0.342 e. The minimum absolute atomic E-state index is 0.260. The second kappa shape index (κ2) is 6.03. The van der Waals surface area contributed by atoms with Crippen molar-refractivity contribution < 1.29 is 23.8 Å². The number of allylic oxidation sites excluding steroid dienone is 2. The first-order valence-electron chi connectivity index (χ1n) is 7.73. The van der Waals surface area contributed by atoms with E-state index in [4.69, 9.17) is 14.2 Å². The van der Waals surface area contributed by atoms with Gasteiger partial charge >= 0.3 is 11.9 Å². The number of methoxy groups -OCH3 is 1. The molecule has 0 fully saturated rings. The molecule has 2 aliphatic heterocycles. The van der Waals surface area contributed by atoms with Gasteiger partial charge in [-0.25, -0.2) is 9.59 Å². The Bertz CT molecular complexity index is 791. The molecule has 0 spiro atoms. The quantitative estimate of drug-likeness (QED) is 0.678. The van der Waals surface area contributed by atoms with Crippen molar-refractivity contribution >= 4 is 11.9 Å². The molecular formula is C18H19NO5. The van der Waals surface area contributed by atoms with E-state index in [2.05, 4.69) is 5.32 Å². The highest BCUT2D eigenvalue weighted by molar-refractivity contribution is 6.02. The predicted octanol–water partition coefficient (Wildman–Crippen LogP) is 2.41. The number of carbonyl (C=O) groups is 2. The van der Waals surface area contributed by atoms with Crippen LogP contribution in [0.5, 0.6) is 11.5 Å². The van der Waals surface area contributed by atoms with E-state index in [9.17, 15) is 9.59 Å². The lowest BCUT2D eigenvalue weighted by atomic mass is 9.78. The zero-order chi connectivity index (χ0) is 17.4. The zero-order valence-electron chi connectivity index (χ0n) is 14.1. The molecule has 6 heteroatoms. The third kappa shape index (κ3) is 2.44. The number of dihydropyridines is 1. The average molecular weight is 329 g/mol. The summed E-state index contributed by atoms with van der Waals surface area (Å²) in [7, 11) is 1.56. The van der Waals surface area contributed by atoms with E-state index in [0.29, 0.717) is 39.6 Å². The largest absolute Gasteiger partial charge is 0.497 e. The van der Waals surface area contributed by atoms with Gasteiger partial charge in [0.1, 0.15) is 11.5 Å². The molecular weight excluding hydrogens is 310 g/mol. The highest BCUT2D eigenvalue weighted by Gasteiger charge is 2.42. The summed E-state index contributed by atoms with van der Waals surface area (Å²) in [6, 6.07) is 5.19. The van der Waals surface area contributed by atoms with Crippen molar-refractivity contribution in [2.45, 2.75) is 26.7 Å². The minimum Gasteiger partial charge on any atom is -0.497 e. The highest BCUT2D eigenvalue weighted by Crippen LogP contribution is 2.46. The normalized spacial score (nSPS) is 19.2. The molecule has 1 N–H and O–H groups in total. The second-order valence-electron chi connectivity index (χ2n) is 5.65. The molecule has 126 valence electrons. The predicted molar refractivity (Wildman–Crippen MR) is 86.5 cm³/mol. The Morgan fingerprint density at radius 2 is 2.04 bits per heavy atom. The molecule has 1 unspecified atom stereocenters. The van der Waals surface area contributed by atoms with Gasteiger partial charge in [0.05, 0.1) is 30.8 Å². The van der Waals surface area contributed by atoms with Crippen molar-refractivity contribution in [3.05, 3.63) is 46.3 Å². The van der Waals surface area contributed by atoms with E-state index in [1.54, 1.807) is 46.1 Å². The molecule has 1 aromatic carbocycles. The molecule has 3 rings (SSSR count). The van der Waals surface area contributed by atoms with Crippen LogP contribution in [0.25, 0.3) is 0 Å². The lowest BCUT2D eigenvalue weighted by molar-refractivity contribution is -0.139. The van der Waals surface area contributed by atoms with Crippen LogP contribution in [0.3, 0.4) is 0 Å². The van der Waals surface area contributed by atoms with Gasteiger partial charge in [0.15, 0.2) is 0 Å². The van der Waals surface area contributed by atoms with Gasteiger partial charge in [0.25, 0.3) is 0 Å². The fourth-order valence-corrected chi connectivity index (χ4v) is 3.18. The molecule has 0 saturated carbocycles. The number of fused-ring (bicyclic) bond motifs is 3. The highest BCUT2D eigenvalue weighted by atomic mass is 16.5. The molecule has 1 aromatic rings. The van der Waals surface area contributed by atoms with Gasteiger partial charge in [-0.3, -0.25) is 0 Å². The summed E-state index contributed by atoms with van der Waals surface area (Å²) in [4.78, 5) is 25.0. The summed E-state index contributed by atoms with van der Waals surface area (Å²) >= 11 is 0. The molecule has 0 aromatic heterocycles. The van der Waals surface area contributed by atoms with Crippen LogP contribution in [0.4, 0.5) is 0 Å². The van der Waals surface area contributed by atoms with Crippen LogP contribution in [-0.2, 0) is 14.3 Å². The molecule has 2 aliphatic rings. The third-order valence-electron chi connectivity index (χ3n) is 4.21. The monoisotopic (exact) mass is 329 g/mol. The van der Waals surface area contributed by atoms with Crippen molar-refractivity contribution in [1.82, 2.24) is 5.32 Å². The summed E-state index contributed by atoms with van der Waals surface area (Å²) in [6.07, 6.45) is 0. The van der Waals surface area contributed by atoms with E-state index in [1.165, 1.54) is 0 Å². The number of esters is 2. The maximum atomic E-state index is 12.5. The van der Waals surface area contributed by atoms with E-state index in [1.807, 2.05) is 0 Å². The Morgan fingerprint density at radius 1 is 1.29 bits per heavy atom. The van der Waals surface area contributed by atoms with Gasteiger partial charge in [0, 0.05) is 17.0 Å². The van der Waals surface area contributed by atoms with Gasteiger partial charge in [-0.1, -0.05) is 0 Å². The standard InChI is InChI=1S/C18H19NO5/c1-5-23-17(20)14-9(2)19-10(3)15-16(14)12-8-11(22-4)6-7-13(12)24-18(15)21/h6-8,16,19H,5H2,1-4H3. The maximum absolute atomic E-state index is 12.5. The van der Waals surface area contributed by atoms with Crippen molar-refractivity contribution in [3.63, 3.8) is 0 Å². The Balaban J connectivity index is 2.22. The lowest BCUT2D eigenvalue weighted by Crippen LogP contribution is -2.36. The minimum atomic E-state index is -0.531. The Labute approximate surface area is 140 Å². The van der Waals surface area contributed by atoms with Gasteiger partial charge in [0.2, 0.25) is 0 Å². The van der Waals surface area contributed by atoms with Crippen LogP contribution in [0.2, 0.25) is 0 Å². The number of carbonyl (C=O) groups excluding carboxylic acids is 2. The summed E-state index contributed by atoms with van der Waals surface area (Å²) in [5, 5.41) is 3.08. The molecule has 0 bridgehead atoms. The van der Waals surface area contributed by atoms with Crippen molar-refractivity contribution in [3.8, 4) is 11.5 Å². The van der Waals surface area contributed by atoms with Crippen LogP contribution in [-0.4, -0.2) is 25.7 Å². The summed E-state index contributed by atoms with van der Waals surface area (Å²) in [6.45, 7) is 5.60. The van der Waals surface area contributed by atoms with Crippen molar-refractivity contribution in [2.24, 2.45) is 0 Å². The number of hydrogen-bond acceptors (Lipinski definition) is 6. The number of benzene rings is 1. The first-order valence-corrected chi connectivity index (χ1v) is 7.73. The summed E-state index contributed by atoms with van der Waals surface area (Å²) in [5.41, 5.74) is 2.90. The topological polar surface area (TPSA) is 73.9 Å². The molecule has 0 saturated heterocycles. The number of rotatable bonds is 3. The van der Waals surface area contributed by atoms with Crippen molar-refractivity contribution in [2.75, 3.05) is 13.7 Å². The fraction of sp³-hybridized carbons (Fsp3) is 0.333. The summed E-state index contributed by atoms with van der Waals surface area (Å²) < 4.78 is 15.9. The number of hydrogen-bond donors (Lipinski definition) is 1. The first kappa shape index (κ1) is 16.1. The van der Waals surface area contributed by atoms with Gasteiger partial charge in [-0.05, 0) is 39.0 Å². The van der Waals surface area contributed by atoms with Gasteiger partial charge in [-0.15, -0.1) is 0 Å². The SMILES string of the molecule is CCOC(=O)C1=C(C)NC(C)=C2C(=O)Oc3ccc(OC)cc3C12. The number of nitrogens with one attached hydrogen (secondary N) is 1. The number of ether oxygens (including phenoxy) is 3. The van der Waals surface area contributed by atoms with Gasteiger partial charge in [-0.2, -0.15) is 0 Å². The molecule has 0 amide bonds. The third-order valence-corrected chi connectivity index (χ3v) is 4.21. The Kier molecular flexibility index (Phi) is 4.05. The van der Waals surface area contributed by atoms with E-state index in [0.717, 1.165) is 0 Å². The van der Waals surface area contributed by atoms with E-state index in [-0.39, 0.29) is 6.61 Å². The van der Waals surface area contributed by atoms with E-state index < -0.39 is 17.9 Å². The Morgan fingerprint density at radius 3 is 2.71 bits per heavy atom. The van der Waals surface area contributed by atoms with Crippen LogP contribution < -0.4 is 14.8 Å². The van der Waals surface area contributed by atoms with Crippen LogP contribution >= 0.6 is 0 Å².